The number of halogens is 1. The van der Waals surface area contributed by atoms with Crippen LogP contribution in [0.25, 0.3) is 10.2 Å². The number of fused-ring (bicyclic) bond motifs is 1. The normalized spacial score (nSPS) is 12.3. The minimum absolute atomic E-state index is 0.0722. The fourth-order valence-electron chi connectivity index (χ4n) is 2.78. The molecule has 0 aliphatic heterocycles. The molecule has 142 valence electrons. The maximum atomic E-state index is 12.6. The smallest absolute Gasteiger partial charge is 0.341 e. The Hall–Kier alpha value is -2.25. The summed E-state index contributed by atoms with van der Waals surface area (Å²) in [5.41, 5.74) is 1.03. The molecular weight excluding hydrogens is 386 g/mol. The Morgan fingerprint density at radius 1 is 1.44 bits per heavy atom. The number of esters is 1. The van der Waals surface area contributed by atoms with Gasteiger partial charge in [-0.25, -0.2) is 14.8 Å². The van der Waals surface area contributed by atoms with Crippen molar-refractivity contribution in [3.05, 3.63) is 55.7 Å². The highest BCUT2D eigenvalue weighted by molar-refractivity contribution is 7.18. The first-order valence-electron chi connectivity index (χ1n) is 8.69. The Morgan fingerprint density at radius 3 is 2.93 bits per heavy atom. The third kappa shape index (κ3) is 4.20. The Kier molecular flexibility index (Phi) is 5.92. The van der Waals surface area contributed by atoms with Crippen molar-refractivity contribution in [1.82, 2.24) is 15.0 Å². The second-order valence-corrected chi connectivity index (χ2v) is 8.03. The number of nitrogens with one attached hydrogen (secondary N) is 1. The number of aryl methyl sites for hydroxylation is 1. The number of ether oxygens (including phenoxy) is 1. The lowest BCUT2D eigenvalue weighted by molar-refractivity contribution is 0.0462. The molecule has 8 heteroatoms. The number of carbonyl (C=O) groups is 1. The van der Waals surface area contributed by atoms with Gasteiger partial charge in [0.05, 0.1) is 10.9 Å². The Bertz CT molecular complexity index is 1040. The standard InChI is InChI=1S/C19H20ClN3O3S/c1-4-10(2)8-13-11(3)27-18-15(13)17(24)22-14(23-18)9-26-19(25)12-6-5-7-21-16(12)20/h5-7,10H,4,8-9H2,1-3H3,(H,22,23,24)/t10-/m0/s1. The van der Waals surface area contributed by atoms with Crippen LogP contribution in [0.1, 0.15) is 46.9 Å². The highest BCUT2D eigenvalue weighted by Crippen LogP contribution is 2.29. The number of hydrogen-bond acceptors (Lipinski definition) is 6. The summed E-state index contributed by atoms with van der Waals surface area (Å²) >= 11 is 7.38. The number of aromatic amines is 1. The third-order valence-electron chi connectivity index (χ3n) is 4.48. The quantitative estimate of drug-likeness (QED) is 0.488. The zero-order chi connectivity index (χ0) is 19.6. The molecule has 0 saturated heterocycles. The number of hydrogen-bond donors (Lipinski definition) is 1. The van der Waals surface area contributed by atoms with Gasteiger partial charge in [0.1, 0.15) is 22.4 Å². The highest BCUT2D eigenvalue weighted by Gasteiger charge is 2.18. The summed E-state index contributed by atoms with van der Waals surface area (Å²) in [4.78, 5) is 37.6. The molecule has 1 atom stereocenters. The molecule has 0 radical (unpaired) electrons. The van der Waals surface area contributed by atoms with Crippen LogP contribution < -0.4 is 5.56 Å². The van der Waals surface area contributed by atoms with E-state index in [0.717, 1.165) is 23.3 Å². The largest absolute Gasteiger partial charge is 0.454 e. The fourth-order valence-corrected chi connectivity index (χ4v) is 4.05. The predicted molar refractivity (Wildman–Crippen MR) is 107 cm³/mol. The van der Waals surface area contributed by atoms with E-state index in [1.54, 1.807) is 6.07 Å². The summed E-state index contributed by atoms with van der Waals surface area (Å²) in [6.07, 6.45) is 3.39. The maximum absolute atomic E-state index is 12.6. The molecule has 3 rings (SSSR count). The molecule has 3 heterocycles. The van der Waals surface area contributed by atoms with Gasteiger partial charge in [0.2, 0.25) is 0 Å². The van der Waals surface area contributed by atoms with Crippen molar-refractivity contribution < 1.29 is 9.53 Å². The molecule has 0 aromatic carbocycles. The van der Waals surface area contributed by atoms with Crippen LogP contribution in [-0.2, 0) is 17.8 Å². The fraction of sp³-hybridized carbons (Fsp3) is 0.368. The van der Waals surface area contributed by atoms with Crippen LogP contribution in [0, 0.1) is 12.8 Å². The molecule has 0 amide bonds. The first-order valence-corrected chi connectivity index (χ1v) is 9.89. The van der Waals surface area contributed by atoms with Crippen molar-refractivity contribution >= 4 is 39.1 Å². The average Bonchev–Trinajstić information content (AvgIpc) is 2.95. The van der Waals surface area contributed by atoms with E-state index in [-0.39, 0.29) is 22.9 Å². The predicted octanol–water partition coefficient (Wildman–Crippen LogP) is 4.29. The van der Waals surface area contributed by atoms with E-state index >= 15 is 0 Å². The van der Waals surface area contributed by atoms with Crippen LogP contribution in [0.15, 0.2) is 23.1 Å². The molecule has 1 N–H and O–H groups in total. The van der Waals surface area contributed by atoms with Crippen LogP contribution >= 0.6 is 22.9 Å². The molecule has 0 aliphatic carbocycles. The van der Waals surface area contributed by atoms with Gasteiger partial charge in [-0.05, 0) is 37.0 Å². The van der Waals surface area contributed by atoms with E-state index in [2.05, 4.69) is 28.8 Å². The number of thiophene rings is 1. The molecule has 0 saturated carbocycles. The van der Waals surface area contributed by atoms with Gasteiger partial charge in [-0.2, -0.15) is 0 Å². The first-order chi connectivity index (χ1) is 12.9. The Labute approximate surface area is 165 Å². The monoisotopic (exact) mass is 405 g/mol. The lowest BCUT2D eigenvalue weighted by atomic mass is 9.98. The number of pyridine rings is 1. The molecular formula is C19H20ClN3O3S. The number of carbonyl (C=O) groups excluding carboxylic acids is 1. The van der Waals surface area contributed by atoms with Gasteiger partial charge in [-0.3, -0.25) is 4.79 Å². The summed E-state index contributed by atoms with van der Waals surface area (Å²) in [6, 6.07) is 3.13. The molecule has 3 aromatic rings. The second kappa shape index (κ2) is 8.19. The topological polar surface area (TPSA) is 84.9 Å². The zero-order valence-corrected chi connectivity index (χ0v) is 16.9. The van der Waals surface area contributed by atoms with Crippen LogP contribution in [0.2, 0.25) is 5.15 Å². The number of H-pyrrole nitrogens is 1. The average molecular weight is 406 g/mol. The van der Waals surface area contributed by atoms with E-state index in [1.807, 2.05) is 6.92 Å². The number of rotatable bonds is 6. The third-order valence-corrected chi connectivity index (χ3v) is 5.82. The van der Waals surface area contributed by atoms with Crippen molar-refractivity contribution in [1.29, 1.82) is 0 Å². The number of aromatic nitrogens is 3. The van der Waals surface area contributed by atoms with Crippen molar-refractivity contribution in [3.8, 4) is 0 Å². The summed E-state index contributed by atoms with van der Waals surface area (Å²) in [5.74, 6) is 0.179. The van der Waals surface area contributed by atoms with Crippen LogP contribution in [0.3, 0.4) is 0 Å². The van der Waals surface area contributed by atoms with Gasteiger partial charge in [0.25, 0.3) is 5.56 Å². The molecule has 0 bridgehead atoms. The van der Waals surface area contributed by atoms with Gasteiger partial charge < -0.3 is 9.72 Å². The molecule has 0 unspecified atom stereocenters. The van der Waals surface area contributed by atoms with E-state index < -0.39 is 5.97 Å². The molecule has 27 heavy (non-hydrogen) atoms. The second-order valence-electron chi connectivity index (χ2n) is 6.47. The summed E-state index contributed by atoms with van der Waals surface area (Å²) in [6.45, 7) is 6.17. The van der Waals surface area contributed by atoms with Gasteiger partial charge in [0, 0.05) is 11.1 Å². The lowest BCUT2D eigenvalue weighted by Crippen LogP contribution is -2.15. The summed E-state index contributed by atoms with van der Waals surface area (Å²) < 4.78 is 5.23. The van der Waals surface area contributed by atoms with E-state index in [0.29, 0.717) is 22.0 Å². The number of nitrogens with zero attached hydrogens (tertiary/aromatic N) is 2. The van der Waals surface area contributed by atoms with Crippen LogP contribution in [0.4, 0.5) is 0 Å². The molecule has 0 fully saturated rings. The first kappa shape index (κ1) is 19.5. The minimum atomic E-state index is -0.615. The van der Waals surface area contributed by atoms with Gasteiger partial charge in [0.15, 0.2) is 0 Å². The van der Waals surface area contributed by atoms with Crippen molar-refractivity contribution in [2.75, 3.05) is 0 Å². The molecule has 6 nitrogen and oxygen atoms in total. The minimum Gasteiger partial charge on any atom is -0.454 e. The van der Waals surface area contributed by atoms with Gasteiger partial charge >= 0.3 is 5.97 Å². The van der Waals surface area contributed by atoms with Crippen LogP contribution in [-0.4, -0.2) is 20.9 Å². The van der Waals surface area contributed by atoms with E-state index in [1.165, 1.54) is 23.6 Å². The SMILES string of the molecule is CC[C@H](C)Cc1c(C)sc2nc(COC(=O)c3cccnc3Cl)[nH]c(=O)c12. The highest BCUT2D eigenvalue weighted by atomic mass is 35.5. The summed E-state index contributed by atoms with van der Waals surface area (Å²) in [5, 5.41) is 0.714. The Morgan fingerprint density at radius 2 is 2.22 bits per heavy atom. The van der Waals surface area contributed by atoms with E-state index in [4.69, 9.17) is 16.3 Å². The van der Waals surface area contributed by atoms with Crippen molar-refractivity contribution in [3.63, 3.8) is 0 Å². The zero-order valence-electron chi connectivity index (χ0n) is 15.3. The lowest BCUT2D eigenvalue weighted by Gasteiger charge is -2.08. The Balaban J connectivity index is 1.84. The van der Waals surface area contributed by atoms with Crippen LogP contribution in [0.5, 0.6) is 0 Å². The van der Waals surface area contributed by atoms with Crippen molar-refractivity contribution in [2.45, 2.75) is 40.2 Å². The molecule has 0 spiro atoms. The molecule has 3 aromatic heterocycles. The summed E-state index contributed by atoms with van der Waals surface area (Å²) in [7, 11) is 0. The van der Waals surface area contributed by atoms with Crippen molar-refractivity contribution in [2.24, 2.45) is 5.92 Å². The van der Waals surface area contributed by atoms with Gasteiger partial charge in [-0.15, -0.1) is 11.3 Å². The maximum Gasteiger partial charge on any atom is 0.341 e. The van der Waals surface area contributed by atoms with Gasteiger partial charge in [-0.1, -0.05) is 31.9 Å². The van der Waals surface area contributed by atoms with E-state index in [9.17, 15) is 9.59 Å². The molecule has 0 aliphatic rings.